The van der Waals surface area contributed by atoms with E-state index in [1.165, 1.54) is 5.56 Å². The van der Waals surface area contributed by atoms with E-state index in [1.54, 1.807) is 7.11 Å². The van der Waals surface area contributed by atoms with Gasteiger partial charge in [0.05, 0.1) is 11.6 Å². The van der Waals surface area contributed by atoms with Crippen LogP contribution in [0.5, 0.6) is 5.75 Å². The molecule has 1 aromatic heterocycles. The highest BCUT2D eigenvalue weighted by atomic mass is 79.9. The number of methoxy groups -OCH3 is 1. The molecule has 17 heavy (non-hydrogen) atoms. The smallest absolute Gasteiger partial charge is 0.159 e. The van der Waals surface area contributed by atoms with Gasteiger partial charge in [0.15, 0.2) is 5.82 Å². The number of hydrogen-bond donors (Lipinski definition) is 1. The van der Waals surface area contributed by atoms with Crippen LogP contribution < -0.4 is 10.5 Å². The Kier molecular flexibility index (Phi) is 3.68. The number of nitrogens with zero attached hydrogens (tertiary/aromatic N) is 2. The molecule has 4 nitrogen and oxygen atoms in total. The van der Waals surface area contributed by atoms with Gasteiger partial charge in [0.1, 0.15) is 5.75 Å². The van der Waals surface area contributed by atoms with Gasteiger partial charge in [-0.3, -0.25) is 4.68 Å². The van der Waals surface area contributed by atoms with Gasteiger partial charge in [0.2, 0.25) is 0 Å². The molecule has 1 heterocycles. The van der Waals surface area contributed by atoms with E-state index in [0.29, 0.717) is 5.82 Å². The molecule has 2 N–H and O–H groups in total. The van der Waals surface area contributed by atoms with Crippen molar-refractivity contribution >= 4 is 21.7 Å². The maximum absolute atomic E-state index is 5.65. The predicted molar refractivity (Wildman–Crippen MR) is 71.0 cm³/mol. The molecule has 0 spiro atoms. The predicted octanol–water partition coefficient (Wildman–Crippen LogP) is 2.48. The number of nitrogens with two attached hydrogens (primary N) is 1. The Hall–Kier alpha value is -1.49. The zero-order valence-corrected chi connectivity index (χ0v) is 11.1. The van der Waals surface area contributed by atoms with Crippen molar-refractivity contribution in [1.82, 2.24) is 9.78 Å². The van der Waals surface area contributed by atoms with Crippen molar-refractivity contribution < 1.29 is 4.74 Å². The Morgan fingerprint density at radius 2 is 2.06 bits per heavy atom. The lowest BCUT2D eigenvalue weighted by molar-refractivity contribution is 0.414. The Bertz CT molecular complexity index is 473. The highest BCUT2D eigenvalue weighted by Gasteiger charge is 2.02. The zero-order chi connectivity index (χ0) is 12.3. The van der Waals surface area contributed by atoms with Crippen LogP contribution in [0.2, 0.25) is 0 Å². The maximum atomic E-state index is 5.65. The number of aromatic nitrogens is 2. The summed E-state index contributed by atoms with van der Waals surface area (Å²) in [6, 6.07) is 8.03. The second-order valence-electron chi connectivity index (χ2n) is 3.72. The van der Waals surface area contributed by atoms with Crippen LogP contribution in [0, 0.1) is 0 Å². The summed E-state index contributed by atoms with van der Waals surface area (Å²) in [5, 5.41) is 4.18. The van der Waals surface area contributed by atoms with Crippen molar-refractivity contribution in [2.75, 3.05) is 12.8 Å². The molecule has 0 saturated carbocycles. The minimum absolute atomic E-state index is 0.528. The van der Waals surface area contributed by atoms with E-state index in [9.17, 15) is 0 Å². The molecule has 0 saturated heterocycles. The minimum atomic E-state index is 0.528. The molecule has 0 atom stereocenters. The van der Waals surface area contributed by atoms with Gasteiger partial charge < -0.3 is 10.5 Å². The normalized spacial score (nSPS) is 10.5. The summed E-state index contributed by atoms with van der Waals surface area (Å²) in [5.74, 6) is 1.40. The van der Waals surface area contributed by atoms with E-state index in [1.807, 2.05) is 23.0 Å². The molecule has 2 rings (SSSR count). The molecule has 1 aromatic carbocycles. The van der Waals surface area contributed by atoms with Crippen LogP contribution in [0.4, 0.5) is 5.82 Å². The molecule has 0 radical (unpaired) electrons. The highest BCUT2D eigenvalue weighted by Crippen LogP contribution is 2.17. The molecule has 0 fully saturated rings. The molecule has 90 valence electrons. The largest absolute Gasteiger partial charge is 0.497 e. The number of rotatable bonds is 4. The fourth-order valence-corrected chi connectivity index (χ4v) is 1.88. The lowest BCUT2D eigenvalue weighted by atomic mass is 10.1. The van der Waals surface area contributed by atoms with Gasteiger partial charge in [0.25, 0.3) is 0 Å². The van der Waals surface area contributed by atoms with E-state index in [0.717, 1.165) is 23.2 Å². The third kappa shape index (κ3) is 3.00. The van der Waals surface area contributed by atoms with Crippen LogP contribution in [-0.2, 0) is 13.0 Å². The van der Waals surface area contributed by atoms with E-state index < -0.39 is 0 Å². The second-order valence-corrected chi connectivity index (χ2v) is 4.58. The molecule has 0 unspecified atom stereocenters. The Labute approximate surface area is 109 Å². The number of anilines is 1. The van der Waals surface area contributed by atoms with Gasteiger partial charge in [-0.1, -0.05) is 12.1 Å². The first-order valence-corrected chi connectivity index (χ1v) is 6.09. The van der Waals surface area contributed by atoms with Crippen molar-refractivity contribution in [3.63, 3.8) is 0 Å². The molecule has 0 amide bonds. The molecular weight excluding hydrogens is 282 g/mol. The first-order valence-electron chi connectivity index (χ1n) is 5.30. The molecular formula is C12H14BrN3O. The van der Waals surface area contributed by atoms with Gasteiger partial charge in [-0.2, -0.15) is 5.10 Å². The Morgan fingerprint density at radius 3 is 2.59 bits per heavy atom. The lowest BCUT2D eigenvalue weighted by Crippen LogP contribution is -2.02. The van der Waals surface area contributed by atoms with Crippen LogP contribution in [0.15, 0.2) is 34.9 Å². The third-order valence-electron chi connectivity index (χ3n) is 2.53. The lowest BCUT2D eigenvalue weighted by Gasteiger charge is -2.03. The minimum Gasteiger partial charge on any atom is -0.497 e. The van der Waals surface area contributed by atoms with Crippen LogP contribution >= 0.6 is 15.9 Å². The van der Waals surface area contributed by atoms with Crippen LogP contribution in [0.3, 0.4) is 0 Å². The third-order valence-corrected chi connectivity index (χ3v) is 3.14. The number of halogens is 1. The number of benzene rings is 1. The van der Waals surface area contributed by atoms with Gasteiger partial charge >= 0.3 is 0 Å². The van der Waals surface area contributed by atoms with Crippen LogP contribution in [-0.4, -0.2) is 16.9 Å². The molecule has 0 aliphatic carbocycles. The van der Waals surface area contributed by atoms with Crippen LogP contribution in [0.25, 0.3) is 0 Å². The van der Waals surface area contributed by atoms with E-state index in [2.05, 4.69) is 33.2 Å². The number of ether oxygens (including phenoxy) is 1. The van der Waals surface area contributed by atoms with E-state index in [4.69, 9.17) is 10.5 Å². The van der Waals surface area contributed by atoms with Crippen LogP contribution in [0.1, 0.15) is 5.56 Å². The van der Waals surface area contributed by atoms with Gasteiger partial charge in [-0.05, 0) is 40.0 Å². The Morgan fingerprint density at radius 1 is 1.35 bits per heavy atom. The summed E-state index contributed by atoms with van der Waals surface area (Å²) in [6.07, 6.45) is 2.80. The first-order chi connectivity index (χ1) is 8.19. The van der Waals surface area contributed by atoms with Gasteiger partial charge in [0, 0.05) is 12.7 Å². The fraction of sp³-hybridized carbons (Fsp3) is 0.250. The fourth-order valence-electron chi connectivity index (χ4n) is 1.56. The first kappa shape index (κ1) is 12.0. The summed E-state index contributed by atoms with van der Waals surface area (Å²) in [4.78, 5) is 0. The summed E-state index contributed by atoms with van der Waals surface area (Å²) in [6.45, 7) is 0.808. The second kappa shape index (κ2) is 5.23. The van der Waals surface area contributed by atoms with Crippen molar-refractivity contribution in [1.29, 1.82) is 0 Å². The van der Waals surface area contributed by atoms with Crippen molar-refractivity contribution in [2.45, 2.75) is 13.0 Å². The molecule has 5 heteroatoms. The Balaban J connectivity index is 1.97. The van der Waals surface area contributed by atoms with Gasteiger partial charge in [-0.15, -0.1) is 0 Å². The molecule has 2 aromatic rings. The van der Waals surface area contributed by atoms with Crippen molar-refractivity contribution in [3.8, 4) is 5.75 Å². The molecule has 0 aliphatic rings. The number of aryl methyl sites for hydroxylation is 2. The summed E-state index contributed by atoms with van der Waals surface area (Å²) < 4.78 is 7.79. The number of hydrogen-bond acceptors (Lipinski definition) is 3. The van der Waals surface area contributed by atoms with Gasteiger partial charge in [-0.25, -0.2) is 0 Å². The SMILES string of the molecule is COc1ccc(CCn2cc(Br)c(N)n2)cc1. The average molecular weight is 296 g/mol. The summed E-state index contributed by atoms with van der Waals surface area (Å²) >= 11 is 3.34. The number of nitrogen functional groups attached to an aromatic ring is 1. The summed E-state index contributed by atoms with van der Waals surface area (Å²) in [7, 11) is 1.67. The maximum Gasteiger partial charge on any atom is 0.159 e. The highest BCUT2D eigenvalue weighted by molar-refractivity contribution is 9.10. The standard InChI is InChI=1S/C12H14BrN3O/c1-17-10-4-2-9(3-5-10)6-7-16-8-11(13)12(14)15-16/h2-5,8H,6-7H2,1H3,(H2,14,15). The molecule has 0 bridgehead atoms. The van der Waals surface area contributed by atoms with Crippen molar-refractivity contribution in [2.24, 2.45) is 0 Å². The van der Waals surface area contributed by atoms with E-state index >= 15 is 0 Å². The topological polar surface area (TPSA) is 53.1 Å². The van der Waals surface area contributed by atoms with E-state index in [-0.39, 0.29) is 0 Å². The summed E-state index contributed by atoms with van der Waals surface area (Å²) in [5.41, 5.74) is 6.90. The van der Waals surface area contributed by atoms with Crippen molar-refractivity contribution in [3.05, 3.63) is 40.5 Å². The average Bonchev–Trinajstić information content (AvgIpc) is 2.67. The monoisotopic (exact) mass is 295 g/mol. The quantitative estimate of drug-likeness (QED) is 0.943. The zero-order valence-electron chi connectivity index (χ0n) is 9.56. The molecule has 0 aliphatic heterocycles.